The van der Waals surface area contributed by atoms with Crippen LogP contribution in [0.2, 0.25) is 0 Å². The number of nitrogens with one attached hydrogen (secondary N) is 1. The van der Waals surface area contributed by atoms with Crippen LogP contribution in [-0.4, -0.2) is 22.5 Å². The summed E-state index contributed by atoms with van der Waals surface area (Å²) >= 11 is 0. The van der Waals surface area contributed by atoms with E-state index in [1.807, 2.05) is 0 Å². The van der Waals surface area contributed by atoms with E-state index in [-0.39, 0.29) is 18.3 Å². The van der Waals surface area contributed by atoms with Crippen molar-refractivity contribution in [2.24, 2.45) is 0 Å². The Hall–Kier alpha value is -1.27. The van der Waals surface area contributed by atoms with Gasteiger partial charge in [-0.05, 0) is 38.1 Å². The first kappa shape index (κ1) is 15.1. The molecule has 20 heavy (non-hydrogen) atoms. The monoisotopic (exact) mass is 305 g/mol. The molecule has 0 aromatic carbocycles. The molecule has 1 fully saturated rings. The number of hydrogen-bond acceptors (Lipinski definition) is 2. The third-order valence-electron chi connectivity index (χ3n) is 3.62. The van der Waals surface area contributed by atoms with Crippen molar-refractivity contribution in [2.75, 3.05) is 13.1 Å². The molecular formula is C13H15ClF3N3. The van der Waals surface area contributed by atoms with Gasteiger partial charge in [0.15, 0.2) is 0 Å². The highest BCUT2D eigenvalue weighted by atomic mass is 35.5. The highest BCUT2D eigenvalue weighted by Gasteiger charge is 2.31. The second-order valence-electron chi connectivity index (χ2n) is 4.85. The molecule has 0 amide bonds. The average molecular weight is 306 g/mol. The number of imidazole rings is 1. The predicted molar refractivity (Wildman–Crippen MR) is 72.3 cm³/mol. The molecule has 0 atom stereocenters. The van der Waals surface area contributed by atoms with Gasteiger partial charge in [-0.2, -0.15) is 13.2 Å². The van der Waals surface area contributed by atoms with E-state index in [0.717, 1.165) is 43.9 Å². The quantitative estimate of drug-likeness (QED) is 0.876. The summed E-state index contributed by atoms with van der Waals surface area (Å²) in [5, 5.41) is 3.25. The van der Waals surface area contributed by atoms with Crippen molar-refractivity contribution in [3.05, 3.63) is 35.8 Å². The van der Waals surface area contributed by atoms with Crippen LogP contribution in [0, 0.1) is 0 Å². The van der Waals surface area contributed by atoms with E-state index in [1.165, 1.54) is 6.07 Å². The lowest BCUT2D eigenvalue weighted by Gasteiger charge is -2.22. The van der Waals surface area contributed by atoms with Gasteiger partial charge in [0.1, 0.15) is 5.65 Å². The van der Waals surface area contributed by atoms with E-state index >= 15 is 0 Å². The second kappa shape index (κ2) is 5.61. The Bertz CT molecular complexity index is 588. The molecule has 3 nitrogen and oxygen atoms in total. The maximum Gasteiger partial charge on any atom is 0.417 e. The van der Waals surface area contributed by atoms with Crippen molar-refractivity contribution in [1.29, 1.82) is 0 Å². The molecule has 2 aromatic rings. The van der Waals surface area contributed by atoms with E-state index in [1.54, 1.807) is 10.6 Å². The van der Waals surface area contributed by atoms with Gasteiger partial charge in [-0.3, -0.25) is 0 Å². The van der Waals surface area contributed by atoms with Crippen molar-refractivity contribution in [1.82, 2.24) is 14.7 Å². The van der Waals surface area contributed by atoms with Crippen molar-refractivity contribution in [3.8, 4) is 0 Å². The molecule has 0 saturated carbocycles. The number of nitrogens with zero attached hydrogens (tertiary/aromatic N) is 2. The standard InChI is InChI=1S/C13H14F3N3.ClH/c14-13(15,16)10-1-2-12-18-7-11(19(12)8-10)9-3-5-17-6-4-9;/h1-2,7-9,17H,3-6H2;1H. The summed E-state index contributed by atoms with van der Waals surface area (Å²) < 4.78 is 39.8. The normalized spacial score (nSPS) is 17.1. The van der Waals surface area contributed by atoms with Gasteiger partial charge in [0.05, 0.1) is 5.56 Å². The summed E-state index contributed by atoms with van der Waals surface area (Å²) in [5.41, 5.74) is 0.817. The highest BCUT2D eigenvalue weighted by Crippen LogP contribution is 2.31. The minimum absolute atomic E-state index is 0. The van der Waals surface area contributed by atoms with Crippen LogP contribution in [0.25, 0.3) is 5.65 Å². The molecule has 110 valence electrons. The molecule has 1 aliphatic rings. The highest BCUT2D eigenvalue weighted by molar-refractivity contribution is 5.85. The van der Waals surface area contributed by atoms with Crippen molar-refractivity contribution < 1.29 is 13.2 Å². The van der Waals surface area contributed by atoms with Gasteiger partial charge < -0.3 is 9.72 Å². The Balaban J connectivity index is 0.00000147. The van der Waals surface area contributed by atoms with Crippen molar-refractivity contribution in [3.63, 3.8) is 0 Å². The number of pyridine rings is 1. The zero-order chi connectivity index (χ0) is 13.5. The summed E-state index contributed by atoms with van der Waals surface area (Å²) in [6.45, 7) is 1.80. The van der Waals surface area contributed by atoms with Gasteiger partial charge in [-0.15, -0.1) is 12.4 Å². The van der Waals surface area contributed by atoms with Gasteiger partial charge >= 0.3 is 6.18 Å². The molecule has 1 saturated heterocycles. The van der Waals surface area contributed by atoms with Crippen molar-refractivity contribution in [2.45, 2.75) is 24.9 Å². The Labute approximate surface area is 120 Å². The Kier molecular flexibility index (Phi) is 4.25. The van der Waals surface area contributed by atoms with E-state index in [9.17, 15) is 13.2 Å². The third kappa shape index (κ3) is 2.76. The minimum atomic E-state index is -4.32. The molecule has 0 aliphatic carbocycles. The fourth-order valence-corrected chi connectivity index (χ4v) is 2.59. The second-order valence-corrected chi connectivity index (χ2v) is 4.85. The van der Waals surface area contributed by atoms with Gasteiger partial charge in [0.25, 0.3) is 0 Å². The maximum atomic E-state index is 12.8. The lowest BCUT2D eigenvalue weighted by Crippen LogP contribution is -2.27. The molecule has 0 spiro atoms. The maximum absolute atomic E-state index is 12.8. The zero-order valence-corrected chi connectivity index (χ0v) is 11.5. The fourth-order valence-electron chi connectivity index (χ4n) is 2.59. The first-order chi connectivity index (χ1) is 9.05. The molecule has 0 unspecified atom stereocenters. The zero-order valence-electron chi connectivity index (χ0n) is 10.7. The smallest absolute Gasteiger partial charge is 0.317 e. The molecule has 2 aromatic heterocycles. The van der Waals surface area contributed by atoms with E-state index in [4.69, 9.17) is 0 Å². The number of rotatable bonds is 1. The van der Waals surface area contributed by atoms with Gasteiger partial charge in [0.2, 0.25) is 0 Å². The predicted octanol–water partition coefficient (Wildman–Crippen LogP) is 3.24. The number of hydrogen-bond donors (Lipinski definition) is 1. The number of piperidine rings is 1. The minimum Gasteiger partial charge on any atom is -0.317 e. The van der Waals surface area contributed by atoms with Crippen LogP contribution < -0.4 is 5.32 Å². The van der Waals surface area contributed by atoms with Crippen LogP contribution >= 0.6 is 12.4 Å². The lowest BCUT2D eigenvalue weighted by molar-refractivity contribution is -0.137. The number of halogens is 4. The Morgan fingerprint density at radius 1 is 1.20 bits per heavy atom. The molecule has 1 N–H and O–H groups in total. The Morgan fingerprint density at radius 2 is 1.90 bits per heavy atom. The summed E-state index contributed by atoms with van der Waals surface area (Å²) in [7, 11) is 0. The molecular weight excluding hydrogens is 291 g/mol. The lowest BCUT2D eigenvalue weighted by atomic mass is 9.95. The molecule has 0 radical (unpaired) electrons. The first-order valence-electron chi connectivity index (χ1n) is 6.30. The van der Waals surface area contributed by atoms with Gasteiger partial charge in [-0.1, -0.05) is 0 Å². The van der Waals surface area contributed by atoms with Crippen molar-refractivity contribution >= 4 is 18.1 Å². The number of fused-ring (bicyclic) bond motifs is 1. The van der Waals surface area contributed by atoms with Gasteiger partial charge in [0, 0.05) is 24.0 Å². The summed E-state index contributed by atoms with van der Waals surface area (Å²) in [6.07, 6.45) is 0.406. The molecule has 0 bridgehead atoms. The van der Waals surface area contributed by atoms with E-state index in [0.29, 0.717) is 5.65 Å². The number of alkyl halides is 3. The molecule has 3 heterocycles. The van der Waals surface area contributed by atoms with Crippen LogP contribution in [-0.2, 0) is 6.18 Å². The fraction of sp³-hybridized carbons (Fsp3) is 0.462. The summed E-state index contributed by atoms with van der Waals surface area (Å²) in [6, 6.07) is 2.50. The first-order valence-corrected chi connectivity index (χ1v) is 6.30. The van der Waals surface area contributed by atoms with Crippen LogP contribution in [0.1, 0.15) is 30.0 Å². The van der Waals surface area contributed by atoms with Crippen LogP contribution in [0.4, 0.5) is 13.2 Å². The van der Waals surface area contributed by atoms with E-state index in [2.05, 4.69) is 10.3 Å². The number of aromatic nitrogens is 2. The SMILES string of the molecule is Cl.FC(F)(F)c1ccc2ncc(C3CCNCC3)n2c1. The molecule has 3 rings (SSSR count). The molecule has 1 aliphatic heterocycles. The Morgan fingerprint density at radius 3 is 2.55 bits per heavy atom. The largest absolute Gasteiger partial charge is 0.417 e. The van der Waals surface area contributed by atoms with Crippen LogP contribution in [0.3, 0.4) is 0 Å². The summed E-state index contributed by atoms with van der Waals surface area (Å²) in [5.74, 6) is 0.278. The average Bonchev–Trinajstić information content (AvgIpc) is 2.81. The van der Waals surface area contributed by atoms with Gasteiger partial charge in [-0.25, -0.2) is 4.98 Å². The van der Waals surface area contributed by atoms with E-state index < -0.39 is 11.7 Å². The topological polar surface area (TPSA) is 29.3 Å². The van der Waals surface area contributed by atoms with Crippen LogP contribution in [0.5, 0.6) is 0 Å². The molecule has 7 heteroatoms. The summed E-state index contributed by atoms with van der Waals surface area (Å²) in [4.78, 5) is 4.19. The third-order valence-corrected chi connectivity index (χ3v) is 3.62. The van der Waals surface area contributed by atoms with Crippen LogP contribution in [0.15, 0.2) is 24.5 Å².